The predicted octanol–water partition coefficient (Wildman–Crippen LogP) is 5.21. The van der Waals surface area contributed by atoms with Gasteiger partial charge in [0.05, 0.1) is 17.7 Å². The third-order valence-corrected chi connectivity index (χ3v) is 6.22. The van der Waals surface area contributed by atoms with Crippen molar-refractivity contribution in [1.29, 1.82) is 0 Å². The van der Waals surface area contributed by atoms with Crippen LogP contribution in [0.25, 0.3) is 5.76 Å². The summed E-state index contributed by atoms with van der Waals surface area (Å²) < 4.78 is 11.6. The van der Waals surface area contributed by atoms with Gasteiger partial charge in [0.1, 0.15) is 18.1 Å². The van der Waals surface area contributed by atoms with E-state index in [9.17, 15) is 14.7 Å². The van der Waals surface area contributed by atoms with E-state index >= 15 is 0 Å². The SMILES string of the molecule is Cc1cc(/C(O)=C2/C(=O)C(=O)N(CCCOC(C)C)C2c2cccnc2)ccc1OCc1ccccc1. The molecule has 0 bridgehead atoms. The van der Waals surface area contributed by atoms with Crippen LogP contribution in [0.4, 0.5) is 0 Å². The van der Waals surface area contributed by atoms with Crippen molar-refractivity contribution in [3.8, 4) is 5.75 Å². The van der Waals surface area contributed by atoms with Gasteiger partial charge in [0.25, 0.3) is 11.7 Å². The molecule has 1 amide bonds. The summed E-state index contributed by atoms with van der Waals surface area (Å²) in [5.74, 6) is -0.890. The van der Waals surface area contributed by atoms with E-state index in [0.29, 0.717) is 43.1 Å². The second kappa shape index (κ2) is 11.8. The minimum atomic E-state index is -0.734. The van der Waals surface area contributed by atoms with Crippen LogP contribution in [-0.2, 0) is 20.9 Å². The minimum absolute atomic E-state index is 0.0557. The summed E-state index contributed by atoms with van der Waals surface area (Å²) in [6.45, 7) is 6.97. The third kappa shape index (κ3) is 6.06. The summed E-state index contributed by atoms with van der Waals surface area (Å²) in [6, 6.07) is 17.9. The van der Waals surface area contributed by atoms with Crippen LogP contribution in [0.15, 0.2) is 78.6 Å². The van der Waals surface area contributed by atoms with Crippen LogP contribution in [0.1, 0.15) is 48.6 Å². The van der Waals surface area contributed by atoms with Gasteiger partial charge >= 0.3 is 0 Å². The van der Waals surface area contributed by atoms with Gasteiger partial charge < -0.3 is 19.5 Å². The number of amides is 1. The first-order chi connectivity index (χ1) is 17.9. The Morgan fingerprint density at radius 2 is 1.86 bits per heavy atom. The third-order valence-electron chi connectivity index (χ3n) is 6.22. The average Bonchev–Trinajstić information content (AvgIpc) is 3.16. The van der Waals surface area contributed by atoms with E-state index in [4.69, 9.17) is 9.47 Å². The van der Waals surface area contributed by atoms with E-state index in [-0.39, 0.29) is 17.4 Å². The van der Waals surface area contributed by atoms with Crippen LogP contribution in [0.5, 0.6) is 5.75 Å². The Bertz CT molecular complexity index is 1270. The van der Waals surface area contributed by atoms with Crippen molar-refractivity contribution in [3.63, 3.8) is 0 Å². The number of ether oxygens (including phenoxy) is 2. The smallest absolute Gasteiger partial charge is 0.295 e. The molecular weight excluding hydrogens is 468 g/mol. The van der Waals surface area contributed by atoms with Gasteiger partial charge in [0.2, 0.25) is 0 Å². The second-order valence-corrected chi connectivity index (χ2v) is 9.31. The molecule has 1 aliphatic rings. The number of ketones is 1. The van der Waals surface area contributed by atoms with Gasteiger partial charge in [0.15, 0.2) is 0 Å². The standard InChI is InChI=1S/C30H32N2O5/c1-20(2)36-16-8-15-32-27(24-11-7-14-31-18-24)26(29(34)30(32)35)28(33)23-12-13-25(21(3)17-23)37-19-22-9-5-4-6-10-22/h4-7,9-14,17-18,20,27,33H,8,15-16,19H2,1-3H3/b28-26-. The molecule has 1 N–H and O–H groups in total. The number of hydrogen-bond acceptors (Lipinski definition) is 6. The zero-order valence-electron chi connectivity index (χ0n) is 21.4. The van der Waals surface area contributed by atoms with Gasteiger partial charge in [-0.2, -0.15) is 0 Å². The highest BCUT2D eigenvalue weighted by molar-refractivity contribution is 6.46. The lowest BCUT2D eigenvalue weighted by molar-refractivity contribution is -0.140. The van der Waals surface area contributed by atoms with Crippen LogP contribution < -0.4 is 4.74 Å². The fourth-order valence-electron chi connectivity index (χ4n) is 4.40. The molecule has 1 aromatic heterocycles. The number of carbonyl (C=O) groups excluding carboxylic acids is 2. The molecule has 0 saturated carbocycles. The fourth-order valence-corrected chi connectivity index (χ4v) is 4.40. The number of likely N-dealkylation sites (tertiary alicyclic amines) is 1. The summed E-state index contributed by atoms with van der Waals surface area (Å²) in [6.07, 6.45) is 3.89. The molecule has 2 aromatic carbocycles. The van der Waals surface area contributed by atoms with Gasteiger partial charge in [-0.3, -0.25) is 14.6 Å². The summed E-state index contributed by atoms with van der Waals surface area (Å²) >= 11 is 0. The highest BCUT2D eigenvalue weighted by atomic mass is 16.5. The number of benzene rings is 2. The van der Waals surface area contributed by atoms with Crippen molar-refractivity contribution in [2.75, 3.05) is 13.2 Å². The second-order valence-electron chi connectivity index (χ2n) is 9.31. The van der Waals surface area contributed by atoms with Crippen LogP contribution in [0.3, 0.4) is 0 Å². The quantitative estimate of drug-likeness (QED) is 0.178. The average molecular weight is 501 g/mol. The maximum absolute atomic E-state index is 13.2. The Labute approximate surface area is 217 Å². The largest absolute Gasteiger partial charge is 0.507 e. The predicted molar refractivity (Wildman–Crippen MR) is 141 cm³/mol. The van der Waals surface area contributed by atoms with Crippen LogP contribution >= 0.6 is 0 Å². The van der Waals surface area contributed by atoms with Crippen LogP contribution in [0, 0.1) is 6.92 Å². The van der Waals surface area contributed by atoms with E-state index in [1.165, 1.54) is 4.90 Å². The molecule has 1 saturated heterocycles. The van der Waals surface area contributed by atoms with Gasteiger partial charge in [-0.1, -0.05) is 36.4 Å². The molecule has 7 nitrogen and oxygen atoms in total. The Hall–Kier alpha value is -3.97. The van der Waals surface area contributed by atoms with E-state index in [0.717, 1.165) is 11.1 Å². The summed E-state index contributed by atoms with van der Waals surface area (Å²) in [7, 11) is 0. The summed E-state index contributed by atoms with van der Waals surface area (Å²) in [5.41, 5.74) is 3.01. The van der Waals surface area contributed by atoms with E-state index < -0.39 is 17.7 Å². The molecule has 37 heavy (non-hydrogen) atoms. The van der Waals surface area contributed by atoms with Gasteiger partial charge in [-0.25, -0.2) is 0 Å². The van der Waals surface area contributed by atoms with Gasteiger partial charge in [-0.05, 0) is 68.1 Å². The van der Waals surface area contributed by atoms with E-state index in [1.54, 1.807) is 42.7 Å². The molecule has 1 fully saturated rings. The minimum Gasteiger partial charge on any atom is -0.507 e. The molecule has 4 rings (SSSR count). The lowest BCUT2D eigenvalue weighted by Gasteiger charge is -2.25. The first kappa shape index (κ1) is 26.1. The summed E-state index contributed by atoms with van der Waals surface area (Å²) in [5, 5.41) is 11.3. The first-order valence-electron chi connectivity index (χ1n) is 12.4. The number of aliphatic hydroxyl groups excluding tert-OH is 1. The van der Waals surface area contributed by atoms with Crippen LogP contribution in [0.2, 0.25) is 0 Å². The number of aliphatic hydroxyl groups is 1. The maximum Gasteiger partial charge on any atom is 0.295 e. The number of rotatable bonds is 10. The highest BCUT2D eigenvalue weighted by Gasteiger charge is 2.45. The number of aromatic nitrogens is 1. The zero-order chi connectivity index (χ0) is 26.4. The molecule has 0 radical (unpaired) electrons. The fraction of sp³-hybridized carbons (Fsp3) is 0.300. The first-order valence-corrected chi connectivity index (χ1v) is 12.4. The van der Waals surface area contributed by atoms with Crippen molar-refractivity contribution in [3.05, 3.63) is 101 Å². The molecular formula is C30H32N2O5. The zero-order valence-corrected chi connectivity index (χ0v) is 21.4. The van der Waals surface area contributed by atoms with Crippen molar-refractivity contribution in [2.45, 2.75) is 45.9 Å². The number of hydrogen-bond donors (Lipinski definition) is 1. The van der Waals surface area contributed by atoms with E-state index in [2.05, 4.69) is 4.98 Å². The van der Waals surface area contributed by atoms with Crippen molar-refractivity contribution in [1.82, 2.24) is 9.88 Å². The summed E-state index contributed by atoms with van der Waals surface area (Å²) in [4.78, 5) is 31.9. The molecule has 192 valence electrons. The molecule has 0 aliphatic carbocycles. The molecule has 2 heterocycles. The normalized spacial score (nSPS) is 17.0. The molecule has 7 heteroatoms. The number of carbonyl (C=O) groups is 2. The van der Waals surface area contributed by atoms with Crippen LogP contribution in [-0.4, -0.2) is 45.9 Å². The lowest BCUT2D eigenvalue weighted by Crippen LogP contribution is -2.31. The topological polar surface area (TPSA) is 89.0 Å². The van der Waals surface area contributed by atoms with E-state index in [1.807, 2.05) is 51.1 Å². The Morgan fingerprint density at radius 3 is 2.54 bits per heavy atom. The van der Waals surface area contributed by atoms with Gasteiger partial charge in [0, 0.05) is 31.1 Å². The molecule has 3 aromatic rings. The maximum atomic E-state index is 13.2. The van der Waals surface area contributed by atoms with Crippen molar-refractivity contribution < 1.29 is 24.2 Å². The number of nitrogens with zero attached hydrogens (tertiary/aromatic N) is 2. The molecule has 1 unspecified atom stereocenters. The van der Waals surface area contributed by atoms with Gasteiger partial charge in [-0.15, -0.1) is 0 Å². The number of pyridine rings is 1. The molecule has 0 spiro atoms. The van der Waals surface area contributed by atoms with Crippen molar-refractivity contribution >= 4 is 17.4 Å². The monoisotopic (exact) mass is 500 g/mol. The highest BCUT2D eigenvalue weighted by Crippen LogP contribution is 2.39. The Kier molecular flexibility index (Phi) is 8.36. The van der Waals surface area contributed by atoms with Crippen molar-refractivity contribution in [2.24, 2.45) is 0 Å². The lowest BCUT2D eigenvalue weighted by atomic mass is 9.95. The number of aryl methyl sites for hydroxylation is 1. The number of Topliss-reactive ketones (excluding diaryl/α,β-unsaturated/α-hetero) is 1. The Morgan fingerprint density at radius 1 is 1.08 bits per heavy atom. The molecule has 1 aliphatic heterocycles. The molecule has 1 atom stereocenters. The Balaban J connectivity index is 1.63.